The molecule has 0 radical (unpaired) electrons. The summed E-state index contributed by atoms with van der Waals surface area (Å²) >= 11 is 5.63. The van der Waals surface area contributed by atoms with Crippen molar-refractivity contribution in [1.82, 2.24) is 10.6 Å². The molecule has 30 heavy (non-hydrogen) atoms. The maximum atomic E-state index is 13.4. The molecule has 0 aromatic heterocycles. The topological polar surface area (TPSA) is 76.7 Å². The van der Waals surface area contributed by atoms with Crippen LogP contribution in [0.25, 0.3) is 0 Å². The molecule has 2 aromatic carbocycles. The van der Waals surface area contributed by atoms with Crippen molar-refractivity contribution >= 4 is 23.4 Å². The normalized spacial score (nSPS) is 23.6. The molecule has 2 aromatic rings. The van der Waals surface area contributed by atoms with Gasteiger partial charge in [0.05, 0.1) is 17.2 Å². The zero-order chi connectivity index (χ0) is 21.4. The van der Waals surface area contributed by atoms with E-state index < -0.39 is 5.82 Å². The largest absolute Gasteiger partial charge is 0.493 e. The van der Waals surface area contributed by atoms with Crippen LogP contribution in [0.2, 0.25) is 5.02 Å². The molecule has 3 aliphatic rings. The number of para-hydroxylation sites is 1. The number of nitrogens with one attached hydrogen (secondary N) is 2. The molecule has 3 fully saturated rings. The van der Waals surface area contributed by atoms with E-state index in [4.69, 9.17) is 21.1 Å². The van der Waals surface area contributed by atoms with Gasteiger partial charge in [-0.1, -0.05) is 23.7 Å². The minimum Gasteiger partial charge on any atom is -0.493 e. The monoisotopic (exact) mass is 432 g/mol. The Morgan fingerprint density at radius 2 is 1.77 bits per heavy atom. The van der Waals surface area contributed by atoms with Gasteiger partial charge in [0, 0.05) is 17.1 Å². The molecule has 0 unspecified atom stereocenters. The van der Waals surface area contributed by atoms with Gasteiger partial charge >= 0.3 is 0 Å². The van der Waals surface area contributed by atoms with Crippen LogP contribution in [0.4, 0.5) is 4.39 Å². The van der Waals surface area contributed by atoms with Crippen LogP contribution in [0.5, 0.6) is 11.5 Å². The molecule has 0 aliphatic heterocycles. The molecule has 0 heterocycles. The lowest BCUT2D eigenvalue weighted by molar-refractivity contribution is -0.141. The third-order valence-electron chi connectivity index (χ3n) is 5.51. The van der Waals surface area contributed by atoms with Gasteiger partial charge in [0.2, 0.25) is 0 Å². The standard InChI is InChI=1S/C22H22ClFN2O4/c1-2-29-18-6-4-3-5-15(18)20(28)26-22-11-21(12-22,13-22)25-19(27)10-30-14-7-8-16(23)17(24)9-14/h3-9H,2,10-13H2,1H3,(H,25,27)(H,26,28). The molecule has 6 nitrogen and oxygen atoms in total. The predicted octanol–water partition coefficient (Wildman–Crippen LogP) is 3.48. The zero-order valence-corrected chi connectivity index (χ0v) is 17.2. The summed E-state index contributed by atoms with van der Waals surface area (Å²) in [6.07, 6.45) is 2.01. The van der Waals surface area contributed by atoms with E-state index in [0.717, 1.165) is 6.07 Å². The molecule has 158 valence electrons. The van der Waals surface area contributed by atoms with E-state index in [1.165, 1.54) is 12.1 Å². The van der Waals surface area contributed by atoms with Gasteiger partial charge in [-0.25, -0.2) is 4.39 Å². The Morgan fingerprint density at radius 3 is 2.47 bits per heavy atom. The van der Waals surface area contributed by atoms with Crippen LogP contribution in [0, 0.1) is 5.82 Å². The Labute approximate surface area is 178 Å². The Bertz CT molecular complexity index is 977. The molecule has 3 saturated carbocycles. The summed E-state index contributed by atoms with van der Waals surface area (Å²) in [5.41, 5.74) is -0.0896. The van der Waals surface area contributed by atoms with Gasteiger partial charge in [0.15, 0.2) is 6.61 Å². The predicted molar refractivity (Wildman–Crippen MR) is 109 cm³/mol. The molecule has 0 atom stereocenters. The minimum absolute atomic E-state index is 0.00288. The third kappa shape index (κ3) is 3.94. The molecule has 5 rings (SSSR count). The quantitative estimate of drug-likeness (QED) is 0.669. The molecule has 2 N–H and O–H groups in total. The Morgan fingerprint density at radius 1 is 1.07 bits per heavy atom. The van der Waals surface area contributed by atoms with Crippen molar-refractivity contribution in [3.8, 4) is 11.5 Å². The summed E-state index contributed by atoms with van der Waals surface area (Å²) < 4.78 is 24.3. The van der Waals surface area contributed by atoms with E-state index in [-0.39, 0.29) is 40.3 Å². The number of ether oxygens (including phenoxy) is 2. The van der Waals surface area contributed by atoms with Gasteiger partial charge < -0.3 is 20.1 Å². The summed E-state index contributed by atoms with van der Waals surface area (Å²) in [6, 6.07) is 11.2. The van der Waals surface area contributed by atoms with Crippen LogP contribution in [0.1, 0.15) is 36.5 Å². The first-order valence-electron chi connectivity index (χ1n) is 9.77. The van der Waals surface area contributed by atoms with E-state index in [1.807, 2.05) is 13.0 Å². The van der Waals surface area contributed by atoms with Gasteiger partial charge in [-0.15, -0.1) is 0 Å². The number of halogens is 2. The first-order chi connectivity index (χ1) is 14.3. The smallest absolute Gasteiger partial charge is 0.258 e. The van der Waals surface area contributed by atoms with E-state index >= 15 is 0 Å². The zero-order valence-electron chi connectivity index (χ0n) is 16.5. The molecular formula is C22H22ClFN2O4. The molecule has 2 amide bonds. The highest BCUT2D eigenvalue weighted by Crippen LogP contribution is 2.60. The number of rotatable bonds is 8. The van der Waals surface area contributed by atoms with Crippen molar-refractivity contribution in [1.29, 1.82) is 0 Å². The molecule has 0 saturated heterocycles. The minimum atomic E-state index is -0.599. The fourth-order valence-corrected chi connectivity index (χ4v) is 4.46. The fourth-order valence-electron chi connectivity index (χ4n) is 4.34. The number of hydrogen-bond donors (Lipinski definition) is 2. The van der Waals surface area contributed by atoms with Crippen molar-refractivity contribution in [3.63, 3.8) is 0 Å². The maximum absolute atomic E-state index is 13.4. The Balaban J connectivity index is 1.26. The van der Waals surface area contributed by atoms with Gasteiger partial charge in [-0.3, -0.25) is 9.59 Å². The lowest BCUT2D eigenvalue weighted by Crippen LogP contribution is -2.84. The van der Waals surface area contributed by atoms with Crippen LogP contribution in [-0.2, 0) is 4.79 Å². The summed E-state index contributed by atoms with van der Waals surface area (Å²) in [5, 5.41) is 6.05. The number of carbonyl (C=O) groups is 2. The highest BCUT2D eigenvalue weighted by atomic mass is 35.5. The van der Waals surface area contributed by atoms with Crippen molar-refractivity contribution in [2.75, 3.05) is 13.2 Å². The lowest BCUT2D eigenvalue weighted by atomic mass is 9.44. The van der Waals surface area contributed by atoms with E-state index in [9.17, 15) is 14.0 Å². The maximum Gasteiger partial charge on any atom is 0.258 e. The van der Waals surface area contributed by atoms with Crippen molar-refractivity contribution in [2.24, 2.45) is 0 Å². The van der Waals surface area contributed by atoms with Gasteiger partial charge in [-0.05, 0) is 50.5 Å². The van der Waals surface area contributed by atoms with Gasteiger partial charge in [-0.2, -0.15) is 0 Å². The average molecular weight is 433 g/mol. The van der Waals surface area contributed by atoms with Crippen LogP contribution >= 0.6 is 11.6 Å². The van der Waals surface area contributed by atoms with Crippen molar-refractivity contribution < 1.29 is 23.5 Å². The highest BCUT2D eigenvalue weighted by molar-refractivity contribution is 6.30. The fraction of sp³-hybridized carbons (Fsp3) is 0.364. The van der Waals surface area contributed by atoms with Crippen molar-refractivity contribution in [2.45, 2.75) is 37.3 Å². The van der Waals surface area contributed by atoms with Crippen molar-refractivity contribution in [3.05, 3.63) is 58.9 Å². The van der Waals surface area contributed by atoms with Gasteiger partial charge in [0.1, 0.15) is 17.3 Å². The second-order valence-corrected chi connectivity index (χ2v) is 8.29. The number of carbonyl (C=O) groups excluding carboxylic acids is 2. The molecular weight excluding hydrogens is 411 g/mol. The summed E-state index contributed by atoms with van der Waals surface area (Å²) in [6.45, 7) is 2.13. The lowest BCUT2D eigenvalue weighted by Gasteiger charge is -2.70. The molecule has 2 bridgehead atoms. The average Bonchev–Trinajstić information content (AvgIpc) is 2.67. The second-order valence-electron chi connectivity index (χ2n) is 7.89. The number of hydrogen-bond acceptors (Lipinski definition) is 4. The van der Waals surface area contributed by atoms with Crippen LogP contribution in [-0.4, -0.2) is 36.1 Å². The Hall–Kier alpha value is -2.80. The first kappa shape index (κ1) is 20.5. The number of benzene rings is 2. The molecule has 8 heteroatoms. The van der Waals surface area contributed by atoms with Crippen LogP contribution < -0.4 is 20.1 Å². The SMILES string of the molecule is CCOc1ccccc1C(=O)NC12CC(NC(=O)COc3ccc(Cl)c(F)c3)(C1)C2. The second kappa shape index (κ2) is 7.80. The third-order valence-corrected chi connectivity index (χ3v) is 5.81. The summed E-state index contributed by atoms with van der Waals surface area (Å²) in [5.74, 6) is -0.264. The van der Waals surface area contributed by atoms with Crippen LogP contribution in [0.3, 0.4) is 0 Å². The van der Waals surface area contributed by atoms with E-state index in [0.29, 0.717) is 37.2 Å². The molecule has 0 spiro atoms. The van der Waals surface area contributed by atoms with Gasteiger partial charge in [0.25, 0.3) is 11.8 Å². The molecule has 3 aliphatic carbocycles. The van der Waals surface area contributed by atoms with E-state index in [2.05, 4.69) is 10.6 Å². The first-order valence-corrected chi connectivity index (χ1v) is 10.1. The van der Waals surface area contributed by atoms with E-state index in [1.54, 1.807) is 18.2 Å². The highest BCUT2D eigenvalue weighted by Gasteiger charge is 2.69. The summed E-state index contributed by atoms with van der Waals surface area (Å²) in [4.78, 5) is 24.9. The van der Waals surface area contributed by atoms with Crippen LogP contribution in [0.15, 0.2) is 42.5 Å². The Kier molecular flexibility index (Phi) is 5.32. The summed E-state index contributed by atoms with van der Waals surface area (Å²) in [7, 11) is 0. The number of amides is 2.